The van der Waals surface area contributed by atoms with Gasteiger partial charge in [-0.05, 0) is 42.7 Å². The molecule has 0 aromatic heterocycles. The van der Waals surface area contributed by atoms with Crippen LogP contribution in [0.15, 0.2) is 48.5 Å². The highest BCUT2D eigenvalue weighted by Gasteiger charge is 2.32. The monoisotopic (exact) mass is 372 g/mol. The quantitative estimate of drug-likeness (QED) is 0.811. The highest BCUT2D eigenvalue weighted by Crippen LogP contribution is 2.28. The molecule has 2 aromatic rings. The molecule has 0 unspecified atom stereocenters. The fraction of sp³-hybridized carbons (Fsp3) is 0.300. The van der Waals surface area contributed by atoms with Crippen LogP contribution < -0.4 is 10.1 Å². The maximum atomic E-state index is 12.6. The molecular formula is C20H21ClN2O3. The predicted octanol–water partition coefficient (Wildman–Crippen LogP) is 3.27. The Balaban J connectivity index is 1.60. The van der Waals surface area contributed by atoms with E-state index >= 15 is 0 Å². The van der Waals surface area contributed by atoms with E-state index in [2.05, 4.69) is 5.32 Å². The molecular weight excluding hydrogens is 352 g/mol. The van der Waals surface area contributed by atoms with E-state index in [1.165, 1.54) is 0 Å². The Labute approximate surface area is 157 Å². The number of nitrogens with zero attached hydrogens (tertiary/aromatic N) is 1. The molecule has 0 aliphatic heterocycles. The number of rotatable bonds is 7. The van der Waals surface area contributed by atoms with Crippen LogP contribution in [0, 0.1) is 0 Å². The summed E-state index contributed by atoms with van der Waals surface area (Å²) < 4.78 is 5.16. The molecule has 1 saturated carbocycles. The van der Waals surface area contributed by atoms with Gasteiger partial charge in [-0.15, -0.1) is 0 Å². The molecule has 2 amide bonds. The normalized spacial score (nSPS) is 13.2. The first-order valence-electron chi connectivity index (χ1n) is 8.53. The first-order valence-corrected chi connectivity index (χ1v) is 8.91. The topological polar surface area (TPSA) is 58.6 Å². The summed E-state index contributed by atoms with van der Waals surface area (Å²) in [5.41, 5.74) is 1.40. The number of hydrogen-bond acceptors (Lipinski definition) is 3. The Hall–Kier alpha value is -2.53. The SMILES string of the molecule is COc1ccc(CN(C(=O)CNC(=O)c2ccccc2Cl)C2CC2)cc1. The summed E-state index contributed by atoms with van der Waals surface area (Å²) in [5.74, 6) is 0.345. The van der Waals surface area contributed by atoms with Gasteiger partial charge in [0.05, 0.1) is 24.2 Å². The number of carbonyl (C=O) groups is 2. The lowest BCUT2D eigenvalue weighted by Crippen LogP contribution is -2.41. The first-order chi connectivity index (χ1) is 12.6. The largest absolute Gasteiger partial charge is 0.497 e. The zero-order valence-corrected chi connectivity index (χ0v) is 15.3. The van der Waals surface area contributed by atoms with Crippen LogP contribution in [0.3, 0.4) is 0 Å². The van der Waals surface area contributed by atoms with Crippen LogP contribution in [0.2, 0.25) is 5.02 Å². The maximum absolute atomic E-state index is 12.6. The third-order valence-corrected chi connectivity index (χ3v) is 4.67. The molecule has 0 atom stereocenters. The Morgan fingerprint density at radius 1 is 1.15 bits per heavy atom. The molecule has 1 fully saturated rings. The molecule has 0 bridgehead atoms. The lowest BCUT2D eigenvalue weighted by molar-refractivity contribution is -0.131. The van der Waals surface area contributed by atoms with Gasteiger partial charge in [0.2, 0.25) is 5.91 Å². The van der Waals surface area contributed by atoms with Crippen LogP contribution in [0.25, 0.3) is 0 Å². The molecule has 3 rings (SSSR count). The van der Waals surface area contributed by atoms with Gasteiger partial charge in [-0.2, -0.15) is 0 Å². The van der Waals surface area contributed by atoms with Crippen LogP contribution >= 0.6 is 11.6 Å². The van der Waals surface area contributed by atoms with Gasteiger partial charge in [0.1, 0.15) is 5.75 Å². The van der Waals surface area contributed by atoms with E-state index in [4.69, 9.17) is 16.3 Å². The molecule has 1 N–H and O–H groups in total. The van der Waals surface area contributed by atoms with E-state index in [0.29, 0.717) is 17.1 Å². The summed E-state index contributed by atoms with van der Waals surface area (Å²) in [6, 6.07) is 14.7. The van der Waals surface area contributed by atoms with Gasteiger partial charge >= 0.3 is 0 Å². The van der Waals surface area contributed by atoms with Crippen molar-refractivity contribution < 1.29 is 14.3 Å². The second kappa shape index (κ2) is 8.23. The second-order valence-electron chi connectivity index (χ2n) is 6.26. The summed E-state index contributed by atoms with van der Waals surface area (Å²) in [6.45, 7) is 0.478. The number of methoxy groups -OCH3 is 1. The van der Waals surface area contributed by atoms with Gasteiger partial charge < -0.3 is 15.0 Å². The van der Waals surface area contributed by atoms with Crippen molar-refractivity contribution in [2.45, 2.75) is 25.4 Å². The summed E-state index contributed by atoms with van der Waals surface area (Å²) in [7, 11) is 1.62. The van der Waals surface area contributed by atoms with Gasteiger partial charge in [-0.3, -0.25) is 9.59 Å². The lowest BCUT2D eigenvalue weighted by Gasteiger charge is -2.23. The molecule has 2 aromatic carbocycles. The molecule has 1 aliphatic carbocycles. The van der Waals surface area contributed by atoms with Crippen molar-refractivity contribution in [1.82, 2.24) is 10.2 Å². The first kappa shape index (κ1) is 18.3. The summed E-state index contributed by atoms with van der Waals surface area (Å²) in [4.78, 5) is 26.7. The molecule has 1 aliphatic rings. The molecule has 0 heterocycles. The smallest absolute Gasteiger partial charge is 0.253 e. The summed E-state index contributed by atoms with van der Waals surface area (Å²) in [5, 5.41) is 3.04. The third kappa shape index (κ3) is 4.55. The summed E-state index contributed by atoms with van der Waals surface area (Å²) >= 11 is 6.02. The minimum Gasteiger partial charge on any atom is -0.497 e. The van der Waals surface area contributed by atoms with Gasteiger partial charge in [-0.25, -0.2) is 0 Å². The van der Waals surface area contributed by atoms with Crippen molar-refractivity contribution >= 4 is 23.4 Å². The Morgan fingerprint density at radius 3 is 2.46 bits per heavy atom. The van der Waals surface area contributed by atoms with Gasteiger partial charge in [-0.1, -0.05) is 35.9 Å². The van der Waals surface area contributed by atoms with E-state index < -0.39 is 0 Å². The summed E-state index contributed by atoms with van der Waals surface area (Å²) in [6.07, 6.45) is 2.00. The van der Waals surface area contributed by atoms with E-state index in [0.717, 1.165) is 24.2 Å². The fourth-order valence-corrected chi connectivity index (χ4v) is 2.95. The van der Waals surface area contributed by atoms with Crippen molar-refractivity contribution in [3.05, 3.63) is 64.7 Å². The zero-order chi connectivity index (χ0) is 18.5. The Morgan fingerprint density at radius 2 is 1.85 bits per heavy atom. The number of carbonyl (C=O) groups excluding carboxylic acids is 2. The number of hydrogen-bond donors (Lipinski definition) is 1. The van der Waals surface area contributed by atoms with Crippen LogP contribution in [0.5, 0.6) is 5.75 Å². The van der Waals surface area contributed by atoms with Crippen molar-refractivity contribution in [2.24, 2.45) is 0 Å². The number of ether oxygens (including phenoxy) is 1. The van der Waals surface area contributed by atoms with E-state index in [9.17, 15) is 9.59 Å². The molecule has 0 saturated heterocycles. The number of amides is 2. The van der Waals surface area contributed by atoms with Gasteiger partial charge in [0, 0.05) is 12.6 Å². The molecule has 0 radical (unpaired) electrons. The zero-order valence-electron chi connectivity index (χ0n) is 14.6. The average Bonchev–Trinajstić information content (AvgIpc) is 3.50. The van der Waals surface area contributed by atoms with Crippen LogP contribution in [0.4, 0.5) is 0 Å². The Bertz CT molecular complexity index is 788. The average molecular weight is 373 g/mol. The second-order valence-corrected chi connectivity index (χ2v) is 6.67. The minimum atomic E-state index is -0.343. The highest BCUT2D eigenvalue weighted by molar-refractivity contribution is 6.33. The molecule has 0 spiro atoms. The van der Waals surface area contributed by atoms with E-state index in [-0.39, 0.29) is 24.4 Å². The van der Waals surface area contributed by atoms with Crippen molar-refractivity contribution in [3.63, 3.8) is 0 Å². The molecule has 5 nitrogen and oxygen atoms in total. The number of benzene rings is 2. The fourth-order valence-electron chi connectivity index (χ4n) is 2.73. The minimum absolute atomic E-state index is 0.0449. The molecule has 6 heteroatoms. The van der Waals surface area contributed by atoms with Gasteiger partial charge in [0.15, 0.2) is 0 Å². The molecule has 136 valence electrons. The van der Waals surface area contributed by atoms with Crippen LogP contribution in [0.1, 0.15) is 28.8 Å². The van der Waals surface area contributed by atoms with Gasteiger partial charge in [0.25, 0.3) is 5.91 Å². The third-order valence-electron chi connectivity index (χ3n) is 4.34. The maximum Gasteiger partial charge on any atom is 0.253 e. The number of halogens is 1. The van der Waals surface area contributed by atoms with E-state index in [1.807, 2.05) is 29.2 Å². The number of nitrogens with one attached hydrogen (secondary N) is 1. The van der Waals surface area contributed by atoms with Crippen molar-refractivity contribution in [2.75, 3.05) is 13.7 Å². The van der Waals surface area contributed by atoms with Crippen LogP contribution in [-0.2, 0) is 11.3 Å². The highest BCUT2D eigenvalue weighted by atomic mass is 35.5. The Kier molecular flexibility index (Phi) is 5.78. The lowest BCUT2D eigenvalue weighted by atomic mass is 10.2. The molecule has 26 heavy (non-hydrogen) atoms. The van der Waals surface area contributed by atoms with Crippen molar-refractivity contribution in [3.8, 4) is 5.75 Å². The van der Waals surface area contributed by atoms with Crippen molar-refractivity contribution in [1.29, 1.82) is 0 Å². The van der Waals surface area contributed by atoms with E-state index in [1.54, 1.807) is 31.4 Å². The van der Waals surface area contributed by atoms with Crippen LogP contribution in [-0.4, -0.2) is 36.4 Å². The predicted molar refractivity (Wildman–Crippen MR) is 100 cm³/mol. The standard InChI is InChI=1S/C20H21ClN2O3/c1-26-16-10-6-14(7-11-16)13-23(15-8-9-15)19(24)12-22-20(25)17-4-2-3-5-18(17)21/h2-7,10-11,15H,8-9,12-13H2,1H3,(H,22,25).